The summed E-state index contributed by atoms with van der Waals surface area (Å²) in [7, 11) is 0. The topological polar surface area (TPSA) is 29.1 Å². The molecule has 0 bridgehead atoms. The van der Waals surface area contributed by atoms with Crippen LogP contribution in [0.25, 0.3) is 0 Å². The normalized spacial score (nSPS) is 12.8. The zero-order chi connectivity index (χ0) is 15.9. The minimum atomic E-state index is -0.130. The van der Waals surface area contributed by atoms with E-state index in [1.165, 1.54) is 5.56 Å². The van der Waals surface area contributed by atoms with Gasteiger partial charge in [-0.2, -0.15) is 0 Å². The zero-order valence-electron chi connectivity index (χ0n) is 13.5. The van der Waals surface area contributed by atoms with Crippen molar-refractivity contribution in [3.63, 3.8) is 0 Å². The first kappa shape index (κ1) is 16.0. The summed E-state index contributed by atoms with van der Waals surface area (Å²) in [4.78, 5) is 12.4. The number of hydrogen-bond donors (Lipinski definition) is 1. The predicted molar refractivity (Wildman–Crippen MR) is 91.7 cm³/mol. The third kappa shape index (κ3) is 4.08. The first-order valence-electron chi connectivity index (χ1n) is 7.71. The molecular weight excluding hydrogens is 270 g/mol. The average molecular weight is 293 g/mol. The number of nitrogens with one attached hydrogen (secondary N) is 1. The van der Waals surface area contributed by atoms with Crippen molar-refractivity contribution in [1.29, 1.82) is 0 Å². The lowest BCUT2D eigenvalue weighted by Crippen LogP contribution is -2.29. The molecule has 1 amide bonds. The summed E-state index contributed by atoms with van der Waals surface area (Å²) >= 11 is 0. The van der Waals surface area contributed by atoms with E-state index in [-0.39, 0.29) is 11.9 Å². The molecule has 2 aromatic rings. The van der Waals surface area contributed by atoms with Gasteiger partial charge in [0.1, 0.15) is 0 Å². The van der Waals surface area contributed by atoms with Crippen molar-refractivity contribution < 1.29 is 4.79 Å². The number of carbonyl (C=O) groups excluding carboxylic acids is 1. The highest BCUT2D eigenvalue weighted by Gasteiger charge is 2.17. The number of aryl methyl sites for hydroxylation is 1. The van der Waals surface area contributed by atoms with Crippen LogP contribution in [-0.2, 0) is 4.79 Å². The van der Waals surface area contributed by atoms with Gasteiger partial charge in [0.2, 0.25) is 5.91 Å². The molecule has 2 nitrogen and oxygen atoms in total. The summed E-state index contributed by atoms with van der Waals surface area (Å²) < 4.78 is 0. The minimum Gasteiger partial charge on any atom is -0.341 e. The number of allylic oxidation sites excluding steroid dienone is 1. The fraction of sp³-hybridized carbons (Fsp3) is 0.250. The number of carbonyl (C=O) groups is 1. The van der Waals surface area contributed by atoms with Gasteiger partial charge in [-0.3, -0.25) is 4.79 Å². The van der Waals surface area contributed by atoms with Crippen LogP contribution >= 0.6 is 0 Å². The molecule has 0 aliphatic carbocycles. The molecule has 1 atom stereocenters. The van der Waals surface area contributed by atoms with Crippen LogP contribution < -0.4 is 5.32 Å². The molecule has 0 aliphatic rings. The van der Waals surface area contributed by atoms with E-state index in [1.54, 1.807) is 0 Å². The Labute approximate surface area is 132 Å². The Hall–Kier alpha value is -2.35. The van der Waals surface area contributed by atoms with Crippen LogP contribution in [0.4, 0.5) is 0 Å². The molecular formula is C20H23NO. The van der Waals surface area contributed by atoms with Crippen LogP contribution in [0.2, 0.25) is 0 Å². The Morgan fingerprint density at radius 1 is 1.05 bits per heavy atom. The standard InChI is InChI=1S/C20H23NO/c1-4-8-16(3)20(22)21-19(17-9-6-5-7-10-17)18-13-11-15(2)12-14-18/h5-14,19H,4H2,1-3H3,(H,21,22)/b16-8-. The summed E-state index contributed by atoms with van der Waals surface area (Å²) in [6.07, 6.45) is 2.81. The van der Waals surface area contributed by atoms with E-state index < -0.39 is 0 Å². The minimum absolute atomic E-state index is 0.0173. The first-order valence-corrected chi connectivity index (χ1v) is 7.71. The molecule has 22 heavy (non-hydrogen) atoms. The average Bonchev–Trinajstić information content (AvgIpc) is 2.54. The van der Waals surface area contributed by atoms with Crippen LogP contribution in [0, 0.1) is 6.92 Å². The maximum atomic E-state index is 12.4. The summed E-state index contributed by atoms with van der Waals surface area (Å²) in [5.74, 6) is -0.0173. The van der Waals surface area contributed by atoms with Gasteiger partial charge in [0.15, 0.2) is 0 Å². The van der Waals surface area contributed by atoms with Gasteiger partial charge in [-0.05, 0) is 31.4 Å². The number of amides is 1. The van der Waals surface area contributed by atoms with Crippen molar-refractivity contribution in [2.24, 2.45) is 0 Å². The lowest BCUT2D eigenvalue weighted by molar-refractivity contribution is -0.117. The molecule has 114 valence electrons. The molecule has 2 rings (SSSR count). The van der Waals surface area contributed by atoms with E-state index in [2.05, 4.69) is 36.5 Å². The van der Waals surface area contributed by atoms with E-state index in [1.807, 2.05) is 50.3 Å². The smallest absolute Gasteiger partial charge is 0.247 e. The van der Waals surface area contributed by atoms with Gasteiger partial charge in [-0.15, -0.1) is 0 Å². The Morgan fingerprint density at radius 3 is 2.23 bits per heavy atom. The van der Waals surface area contributed by atoms with Crippen LogP contribution in [0.1, 0.15) is 43.0 Å². The van der Waals surface area contributed by atoms with Crippen molar-refractivity contribution in [1.82, 2.24) is 5.32 Å². The molecule has 0 aliphatic heterocycles. The third-order valence-electron chi connectivity index (χ3n) is 3.69. The molecule has 0 radical (unpaired) electrons. The van der Waals surface area contributed by atoms with Crippen LogP contribution in [0.5, 0.6) is 0 Å². The maximum absolute atomic E-state index is 12.4. The summed E-state index contributed by atoms with van der Waals surface area (Å²) in [5, 5.41) is 3.15. The van der Waals surface area contributed by atoms with Gasteiger partial charge in [-0.25, -0.2) is 0 Å². The van der Waals surface area contributed by atoms with Crippen LogP contribution in [0.15, 0.2) is 66.2 Å². The third-order valence-corrected chi connectivity index (χ3v) is 3.69. The molecule has 0 heterocycles. The number of benzene rings is 2. The summed E-state index contributed by atoms with van der Waals surface area (Å²) in [6.45, 7) is 5.95. The van der Waals surface area contributed by atoms with Gasteiger partial charge >= 0.3 is 0 Å². The molecule has 1 N–H and O–H groups in total. The summed E-state index contributed by atoms with van der Waals surface area (Å²) in [5.41, 5.74) is 4.15. The van der Waals surface area contributed by atoms with Crippen LogP contribution in [-0.4, -0.2) is 5.91 Å². The van der Waals surface area contributed by atoms with Gasteiger partial charge in [0.05, 0.1) is 6.04 Å². The number of hydrogen-bond acceptors (Lipinski definition) is 1. The molecule has 1 unspecified atom stereocenters. The highest BCUT2D eigenvalue weighted by atomic mass is 16.1. The molecule has 2 heteroatoms. The van der Waals surface area contributed by atoms with Crippen LogP contribution in [0.3, 0.4) is 0 Å². The lowest BCUT2D eigenvalue weighted by Gasteiger charge is -2.20. The molecule has 2 aromatic carbocycles. The Balaban J connectivity index is 2.32. The molecule has 0 saturated carbocycles. The molecule has 0 fully saturated rings. The maximum Gasteiger partial charge on any atom is 0.247 e. The van der Waals surface area contributed by atoms with E-state index in [9.17, 15) is 4.79 Å². The Bertz CT molecular complexity index is 641. The monoisotopic (exact) mass is 293 g/mol. The second-order valence-electron chi connectivity index (χ2n) is 5.52. The van der Waals surface area contributed by atoms with Gasteiger partial charge < -0.3 is 5.32 Å². The largest absolute Gasteiger partial charge is 0.341 e. The van der Waals surface area contributed by atoms with E-state index >= 15 is 0 Å². The Kier molecular flexibility index (Phi) is 5.54. The fourth-order valence-corrected chi connectivity index (χ4v) is 2.41. The first-order chi connectivity index (χ1) is 10.6. The van der Waals surface area contributed by atoms with Gasteiger partial charge in [0, 0.05) is 5.57 Å². The second kappa shape index (κ2) is 7.60. The zero-order valence-corrected chi connectivity index (χ0v) is 13.5. The fourth-order valence-electron chi connectivity index (χ4n) is 2.41. The predicted octanol–water partition coefficient (Wildman–Crippen LogP) is 4.56. The van der Waals surface area contributed by atoms with Crippen molar-refractivity contribution in [3.8, 4) is 0 Å². The second-order valence-corrected chi connectivity index (χ2v) is 5.52. The van der Waals surface area contributed by atoms with Crippen molar-refractivity contribution in [3.05, 3.63) is 82.9 Å². The quantitative estimate of drug-likeness (QED) is 0.805. The van der Waals surface area contributed by atoms with E-state index in [0.29, 0.717) is 0 Å². The summed E-state index contributed by atoms with van der Waals surface area (Å²) in [6, 6.07) is 18.2. The van der Waals surface area contributed by atoms with E-state index in [0.717, 1.165) is 23.1 Å². The van der Waals surface area contributed by atoms with Gasteiger partial charge in [-0.1, -0.05) is 73.2 Å². The highest BCUT2D eigenvalue weighted by molar-refractivity contribution is 5.93. The van der Waals surface area contributed by atoms with Crippen molar-refractivity contribution >= 4 is 5.91 Å². The highest BCUT2D eigenvalue weighted by Crippen LogP contribution is 2.22. The SMILES string of the molecule is CC/C=C(/C)C(=O)NC(c1ccccc1)c1ccc(C)cc1. The van der Waals surface area contributed by atoms with Crippen molar-refractivity contribution in [2.45, 2.75) is 33.2 Å². The van der Waals surface area contributed by atoms with E-state index in [4.69, 9.17) is 0 Å². The molecule has 0 saturated heterocycles. The van der Waals surface area contributed by atoms with Gasteiger partial charge in [0.25, 0.3) is 0 Å². The Morgan fingerprint density at radius 2 is 1.64 bits per heavy atom. The number of rotatable bonds is 5. The molecule has 0 aromatic heterocycles. The van der Waals surface area contributed by atoms with Crippen molar-refractivity contribution in [2.75, 3.05) is 0 Å². The molecule has 0 spiro atoms. The lowest BCUT2D eigenvalue weighted by atomic mass is 9.97.